The van der Waals surface area contributed by atoms with Crippen molar-refractivity contribution in [1.82, 2.24) is 20.0 Å². The summed E-state index contributed by atoms with van der Waals surface area (Å²) in [7, 11) is 1.58. The zero-order valence-electron chi connectivity index (χ0n) is 16.8. The molecule has 0 aliphatic carbocycles. The summed E-state index contributed by atoms with van der Waals surface area (Å²) in [4.78, 5) is 17.1. The number of carbonyl (C=O) groups is 1. The third-order valence-electron chi connectivity index (χ3n) is 4.60. The zero-order chi connectivity index (χ0) is 22.0. The third-order valence-corrected chi connectivity index (χ3v) is 4.84. The highest BCUT2D eigenvalue weighted by atomic mass is 35.5. The summed E-state index contributed by atoms with van der Waals surface area (Å²) in [5.74, 6) is 1.29. The van der Waals surface area contributed by atoms with Crippen molar-refractivity contribution in [3.8, 4) is 17.2 Å². The summed E-state index contributed by atoms with van der Waals surface area (Å²) in [6.07, 6.45) is 0. The van der Waals surface area contributed by atoms with Crippen molar-refractivity contribution in [2.24, 2.45) is 0 Å². The van der Waals surface area contributed by atoms with Crippen LogP contribution in [-0.2, 0) is 6.54 Å². The smallest absolute Gasteiger partial charge is 0.280 e. The Hall–Kier alpha value is -3.85. The van der Waals surface area contributed by atoms with Crippen LogP contribution in [0.15, 0.2) is 52.9 Å². The first-order chi connectivity index (χ1) is 15.0. The molecule has 2 heterocycles. The second-order valence-corrected chi connectivity index (χ2v) is 7.10. The number of aryl methyl sites for hydroxylation is 1. The quantitative estimate of drug-likeness (QED) is 0.469. The van der Waals surface area contributed by atoms with Crippen molar-refractivity contribution in [3.63, 3.8) is 0 Å². The SMILES string of the molecule is COc1ccccc1-c1nc(Cn2nnc(C(=O)Nc3cccc(Cl)c3)c2N)c(C)o1. The molecule has 0 fully saturated rings. The lowest BCUT2D eigenvalue weighted by Gasteiger charge is -2.05. The minimum Gasteiger partial charge on any atom is -0.496 e. The van der Waals surface area contributed by atoms with Gasteiger partial charge in [0.1, 0.15) is 17.2 Å². The Morgan fingerprint density at radius 2 is 2.06 bits per heavy atom. The van der Waals surface area contributed by atoms with Gasteiger partial charge in [0, 0.05) is 10.7 Å². The summed E-state index contributed by atoms with van der Waals surface area (Å²) in [5.41, 5.74) is 8.00. The molecule has 0 radical (unpaired) electrons. The summed E-state index contributed by atoms with van der Waals surface area (Å²) >= 11 is 5.95. The molecule has 2 aromatic carbocycles. The van der Waals surface area contributed by atoms with Gasteiger partial charge in [0.25, 0.3) is 5.91 Å². The highest BCUT2D eigenvalue weighted by Gasteiger charge is 2.21. The van der Waals surface area contributed by atoms with Gasteiger partial charge in [-0.05, 0) is 37.3 Å². The van der Waals surface area contributed by atoms with Gasteiger partial charge in [0.2, 0.25) is 5.89 Å². The summed E-state index contributed by atoms with van der Waals surface area (Å²) < 4.78 is 12.6. The van der Waals surface area contributed by atoms with Crippen molar-refractivity contribution in [2.75, 3.05) is 18.2 Å². The molecule has 0 unspecified atom stereocenters. The van der Waals surface area contributed by atoms with Crippen LogP contribution >= 0.6 is 11.6 Å². The number of nitrogens with one attached hydrogen (secondary N) is 1. The number of anilines is 2. The number of halogens is 1. The van der Waals surface area contributed by atoms with Crippen LogP contribution < -0.4 is 15.8 Å². The first kappa shape index (κ1) is 20.4. The Labute approximate surface area is 182 Å². The first-order valence-corrected chi connectivity index (χ1v) is 9.69. The van der Waals surface area contributed by atoms with Crippen LogP contribution in [0.3, 0.4) is 0 Å². The Morgan fingerprint density at radius 1 is 1.26 bits per heavy atom. The van der Waals surface area contributed by atoms with Gasteiger partial charge in [0.15, 0.2) is 11.5 Å². The lowest BCUT2D eigenvalue weighted by molar-refractivity contribution is 0.102. The van der Waals surface area contributed by atoms with Gasteiger partial charge in [-0.3, -0.25) is 4.79 Å². The molecule has 0 bridgehead atoms. The Kier molecular flexibility index (Phi) is 5.59. The molecule has 0 spiro atoms. The van der Waals surface area contributed by atoms with Crippen molar-refractivity contribution in [2.45, 2.75) is 13.5 Å². The van der Waals surface area contributed by atoms with Crippen LogP contribution in [0.2, 0.25) is 5.02 Å². The van der Waals surface area contributed by atoms with E-state index in [4.69, 9.17) is 26.5 Å². The fourth-order valence-corrected chi connectivity index (χ4v) is 3.20. The van der Waals surface area contributed by atoms with E-state index >= 15 is 0 Å². The molecule has 31 heavy (non-hydrogen) atoms. The van der Waals surface area contributed by atoms with E-state index in [-0.39, 0.29) is 18.1 Å². The molecular weight excluding hydrogens is 420 g/mol. The second-order valence-electron chi connectivity index (χ2n) is 6.67. The standard InChI is InChI=1S/C21H19ClN6O3/c1-12-16(25-21(31-12)15-8-3-4-9-17(15)30-2)11-28-19(23)18(26-27-28)20(29)24-14-7-5-6-13(22)10-14/h3-10H,11,23H2,1-2H3,(H,24,29). The van der Waals surface area contributed by atoms with Crippen molar-refractivity contribution in [3.05, 3.63) is 70.7 Å². The van der Waals surface area contributed by atoms with Gasteiger partial charge in [-0.1, -0.05) is 35.0 Å². The molecule has 10 heteroatoms. The van der Waals surface area contributed by atoms with Crippen LogP contribution in [0.25, 0.3) is 11.5 Å². The average molecular weight is 439 g/mol. The molecule has 0 aliphatic rings. The number of nitrogen functional groups attached to an aromatic ring is 1. The number of rotatable bonds is 6. The summed E-state index contributed by atoms with van der Waals surface area (Å²) in [6, 6.07) is 14.2. The van der Waals surface area contributed by atoms with Gasteiger partial charge in [-0.15, -0.1) is 5.10 Å². The normalized spacial score (nSPS) is 10.8. The Bertz CT molecular complexity index is 1250. The second kappa shape index (κ2) is 8.49. The van der Waals surface area contributed by atoms with Crippen molar-refractivity contribution < 1.29 is 13.9 Å². The number of nitrogens with zero attached hydrogens (tertiary/aromatic N) is 4. The van der Waals surface area contributed by atoms with E-state index in [1.165, 1.54) is 4.68 Å². The molecule has 9 nitrogen and oxygen atoms in total. The Morgan fingerprint density at radius 3 is 2.84 bits per heavy atom. The predicted octanol–water partition coefficient (Wildman–Crippen LogP) is 3.79. The fraction of sp³-hybridized carbons (Fsp3) is 0.143. The van der Waals surface area contributed by atoms with Gasteiger partial charge in [-0.2, -0.15) is 0 Å². The molecule has 3 N–H and O–H groups in total. The number of para-hydroxylation sites is 1. The van der Waals surface area contributed by atoms with Gasteiger partial charge >= 0.3 is 0 Å². The maximum absolute atomic E-state index is 12.5. The number of aromatic nitrogens is 4. The number of ether oxygens (including phenoxy) is 1. The topological polar surface area (TPSA) is 121 Å². The number of carbonyl (C=O) groups excluding carboxylic acids is 1. The lowest BCUT2D eigenvalue weighted by atomic mass is 10.2. The van der Waals surface area contributed by atoms with Crippen molar-refractivity contribution >= 4 is 29.0 Å². The van der Waals surface area contributed by atoms with Crippen LogP contribution in [0, 0.1) is 6.92 Å². The first-order valence-electron chi connectivity index (χ1n) is 9.32. The highest BCUT2D eigenvalue weighted by molar-refractivity contribution is 6.31. The van der Waals surface area contributed by atoms with E-state index in [0.717, 1.165) is 5.56 Å². The number of benzene rings is 2. The lowest BCUT2D eigenvalue weighted by Crippen LogP contribution is -2.15. The predicted molar refractivity (Wildman–Crippen MR) is 116 cm³/mol. The van der Waals surface area contributed by atoms with Crippen LogP contribution in [-0.4, -0.2) is 33.0 Å². The molecule has 0 saturated heterocycles. The molecule has 0 saturated carbocycles. The number of hydrogen-bond donors (Lipinski definition) is 2. The largest absolute Gasteiger partial charge is 0.496 e. The Balaban J connectivity index is 1.55. The minimum absolute atomic E-state index is 0.00563. The van der Waals surface area contributed by atoms with E-state index in [0.29, 0.717) is 33.8 Å². The molecule has 1 amide bonds. The number of nitrogens with two attached hydrogens (primary N) is 1. The molecule has 0 atom stereocenters. The molecule has 0 aliphatic heterocycles. The number of amides is 1. The molecular formula is C21H19ClN6O3. The fourth-order valence-electron chi connectivity index (χ4n) is 3.01. The van der Waals surface area contributed by atoms with Gasteiger partial charge in [0.05, 0.1) is 19.2 Å². The van der Waals surface area contributed by atoms with E-state index in [1.807, 2.05) is 24.3 Å². The zero-order valence-corrected chi connectivity index (χ0v) is 17.6. The van der Waals surface area contributed by atoms with Crippen LogP contribution in [0.5, 0.6) is 5.75 Å². The maximum Gasteiger partial charge on any atom is 0.280 e. The number of hydrogen-bond acceptors (Lipinski definition) is 7. The number of methoxy groups -OCH3 is 1. The van der Waals surface area contributed by atoms with E-state index in [1.54, 1.807) is 38.3 Å². The van der Waals surface area contributed by atoms with Crippen LogP contribution in [0.4, 0.5) is 11.5 Å². The monoisotopic (exact) mass is 438 g/mol. The summed E-state index contributed by atoms with van der Waals surface area (Å²) in [5, 5.41) is 11.1. The van der Waals surface area contributed by atoms with Gasteiger partial charge < -0.3 is 20.2 Å². The maximum atomic E-state index is 12.5. The number of oxazole rings is 1. The van der Waals surface area contributed by atoms with Gasteiger partial charge in [-0.25, -0.2) is 9.67 Å². The van der Waals surface area contributed by atoms with Crippen molar-refractivity contribution in [1.29, 1.82) is 0 Å². The molecule has 158 valence electrons. The average Bonchev–Trinajstić information content (AvgIpc) is 3.31. The molecule has 4 rings (SSSR count). The third kappa shape index (κ3) is 4.22. The molecule has 2 aromatic heterocycles. The highest BCUT2D eigenvalue weighted by Crippen LogP contribution is 2.30. The van der Waals surface area contributed by atoms with E-state index in [9.17, 15) is 4.79 Å². The van der Waals surface area contributed by atoms with E-state index < -0.39 is 5.91 Å². The molecule has 4 aromatic rings. The minimum atomic E-state index is -0.488. The van der Waals surface area contributed by atoms with E-state index in [2.05, 4.69) is 20.6 Å². The van der Waals surface area contributed by atoms with Crippen LogP contribution in [0.1, 0.15) is 21.9 Å². The summed E-state index contributed by atoms with van der Waals surface area (Å²) in [6.45, 7) is 1.98.